The Morgan fingerprint density at radius 1 is 1.40 bits per heavy atom. The minimum Gasteiger partial charge on any atom is -0.507 e. The Morgan fingerprint density at radius 2 is 2.13 bits per heavy atom. The zero-order valence-corrected chi connectivity index (χ0v) is 8.19. The molecule has 0 aliphatic carbocycles. The van der Waals surface area contributed by atoms with Crippen LogP contribution < -0.4 is 9.47 Å². The van der Waals surface area contributed by atoms with Crippen molar-refractivity contribution in [2.45, 2.75) is 6.92 Å². The molecule has 0 fully saturated rings. The number of rotatable bonds is 2. The van der Waals surface area contributed by atoms with Gasteiger partial charge in [-0.2, -0.15) is 0 Å². The monoisotopic (exact) mass is 206 g/mol. The Morgan fingerprint density at radius 3 is 2.87 bits per heavy atom. The van der Waals surface area contributed by atoms with Crippen molar-refractivity contribution in [3.63, 3.8) is 0 Å². The highest BCUT2D eigenvalue weighted by molar-refractivity contribution is 5.84. The van der Waals surface area contributed by atoms with Crippen molar-refractivity contribution in [3.05, 3.63) is 29.3 Å². The lowest BCUT2D eigenvalue weighted by Gasteiger charge is -2.03. The number of carbonyl (C=O) groups is 1. The molecule has 4 nitrogen and oxygen atoms in total. The van der Waals surface area contributed by atoms with E-state index in [9.17, 15) is 9.90 Å². The summed E-state index contributed by atoms with van der Waals surface area (Å²) in [5, 5.41) is 9.67. The van der Waals surface area contributed by atoms with Gasteiger partial charge >= 0.3 is 0 Å². The van der Waals surface area contributed by atoms with Crippen molar-refractivity contribution in [3.8, 4) is 11.5 Å². The Labute approximate surface area is 86.7 Å². The number of carbonyl (C=O) groups excluding carboxylic acids is 1. The lowest BCUT2D eigenvalue weighted by atomic mass is 10.1. The molecule has 1 aromatic carbocycles. The molecule has 1 aliphatic rings. The zero-order chi connectivity index (χ0) is 10.8. The van der Waals surface area contributed by atoms with Gasteiger partial charge in [-0.3, -0.25) is 4.79 Å². The largest absolute Gasteiger partial charge is 0.507 e. The molecule has 0 bridgehead atoms. The molecular formula is C11H10O4. The summed E-state index contributed by atoms with van der Waals surface area (Å²) in [5.41, 5.74) is 0.831. The molecule has 1 N–H and O–H groups in total. The van der Waals surface area contributed by atoms with Crippen molar-refractivity contribution in [2.24, 2.45) is 0 Å². The molecule has 0 amide bonds. The number of ether oxygens (including phenoxy) is 2. The van der Waals surface area contributed by atoms with Gasteiger partial charge in [0.25, 0.3) is 0 Å². The fraction of sp³-hybridized carbons (Fsp3) is 0.182. The van der Waals surface area contributed by atoms with E-state index in [1.165, 1.54) is 0 Å². The predicted molar refractivity (Wildman–Crippen MR) is 53.9 cm³/mol. The van der Waals surface area contributed by atoms with Crippen LogP contribution in [0.5, 0.6) is 11.5 Å². The number of benzene rings is 1. The number of aliphatic hydroxyl groups is 1. The van der Waals surface area contributed by atoms with E-state index in [0.717, 1.165) is 0 Å². The van der Waals surface area contributed by atoms with Gasteiger partial charge in [0, 0.05) is 11.1 Å². The van der Waals surface area contributed by atoms with Gasteiger partial charge in [0.15, 0.2) is 11.5 Å². The molecule has 1 aromatic rings. The number of allylic oxidation sites excluding steroid dienone is 1. The van der Waals surface area contributed by atoms with Gasteiger partial charge in [0.1, 0.15) is 12.0 Å². The molecule has 0 aromatic heterocycles. The molecule has 4 heteroatoms. The van der Waals surface area contributed by atoms with Crippen LogP contribution in [0.3, 0.4) is 0 Å². The predicted octanol–water partition coefficient (Wildman–Crippen LogP) is 1.90. The van der Waals surface area contributed by atoms with Gasteiger partial charge in [-0.25, -0.2) is 0 Å². The Kier molecular flexibility index (Phi) is 2.33. The van der Waals surface area contributed by atoms with E-state index in [0.29, 0.717) is 23.3 Å². The molecule has 2 rings (SSSR count). The average molecular weight is 206 g/mol. The minimum absolute atomic E-state index is 0.0386. The summed E-state index contributed by atoms with van der Waals surface area (Å²) in [5.74, 6) is 1.19. The summed E-state index contributed by atoms with van der Waals surface area (Å²) in [6.45, 7) is 1.74. The van der Waals surface area contributed by atoms with Crippen molar-refractivity contribution >= 4 is 12.0 Å². The molecule has 78 valence electrons. The van der Waals surface area contributed by atoms with Gasteiger partial charge in [-0.1, -0.05) is 0 Å². The highest BCUT2D eigenvalue weighted by Gasteiger charge is 2.15. The number of hydrogen-bond donors (Lipinski definition) is 1. The highest BCUT2D eigenvalue weighted by Crippen LogP contribution is 2.34. The summed E-state index contributed by atoms with van der Waals surface area (Å²) in [6.07, 6.45) is 0.611. The molecule has 1 heterocycles. The third-order valence-electron chi connectivity index (χ3n) is 2.20. The number of aldehydes is 1. The van der Waals surface area contributed by atoms with Crippen LogP contribution in [0.15, 0.2) is 23.8 Å². The van der Waals surface area contributed by atoms with E-state index in [2.05, 4.69) is 0 Å². The Hall–Kier alpha value is -1.97. The molecule has 15 heavy (non-hydrogen) atoms. The summed E-state index contributed by atoms with van der Waals surface area (Å²) in [7, 11) is 0. The lowest BCUT2D eigenvalue weighted by molar-refractivity contribution is -0.104. The molecular weight excluding hydrogens is 196 g/mol. The van der Waals surface area contributed by atoms with Crippen molar-refractivity contribution in [1.29, 1.82) is 0 Å². The van der Waals surface area contributed by atoms with E-state index in [4.69, 9.17) is 9.47 Å². The second kappa shape index (κ2) is 3.65. The van der Waals surface area contributed by atoms with Crippen LogP contribution in [0.25, 0.3) is 5.76 Å². The summed E-state index contributed by atoms with van der Waals surface area (Å²) in [4.78, 5) is 10.5. The zero-order valence-electron chi connectivity index (χ0n) is 8.19. The molecule has 0 spiro atoms. The second-order valence-electron chi connectivity index (χ2n) is 3.22. The van der Waals surface area contributed by atoms with E-state index in [1.54, 1.807) is 25.1 Å². The Balaban J connectivity index is 2.43. The maximum absolute atomic E-state index is 10.5. The fourth-order valence-corrected chi connectivity index (χ4v) is 1.33. The number of aliphatic hydroxyl groups excluding tert-OH is 1. The first-order valence-corrected chi connectivity index (χ1v) is 4.47. The molecule has 0 saturated carbocycles. The van der Waals surface area contributed by atoms with E-state index < -0.39 is 0 Å². The summed E-state index contributed by atoms with van der Waals surface area (Å²) in [6, 6.07) is 5.02. The molecule has 0 radical (unpaired) electrons. The van der Waals surface area contributed by atoms with Gasteiger partial charge in [0.05, 0.1) is 0 Å². The summed E-state index contributed by atoms with van der Waals surface area (Å²) >= 11 is 0. The van der Waals surface area contributed by atoms with Gasteiger partial charge in [0.2, 0.25) is 6.79 Å². The summed E-state index contributed by atoms with van der Waals surface area (Å²) < 4.78 is 10.3. The molecule has 0 atom stereocenters. The third kappa shape index (κ3) is 1.66. The molecule has 0 unspecified atom stereocenters. The van der Waals surface area contributed by atoms with Crippen LogP contribution >= 0.6 is 0 Å². The van der Waals surface area contributed by atoms with E-state index in [1.807, 2.05) is 0 Å². The second-order valence-corrected chi connectivity index (χ2v) is 3.22. The SMILES string of the molecule is CC(C=O)=C(O)c1ccc2c(c1)OCO2. The lowest BCUT2D eigenvalue weighted by Crippen LogP contribution is -1.93. The van der Waals surface area contributed by atoms with Crippen molar-refractivity contribution < 1.29 is 19.4 Å². The van der Waals surface area contributed by atoms with Crippen molar-refractivity contribution in [2.75, 3.05) is 6.79 Å². The maximum atomic E-state index is 10.5. The van der Waals surface area contributed by atoms with Crippen molar-refractivity contribution in [1.82, 2.24) is 0 Å². The maximum Gasteiger partial charge on any atom is 0.231 e. The van der Waals surface area contributed by atoms with Crippen LogP contribution in [0.4, 0.5) is 0 Å². The third-order valence-corrected chi connectivity index (χ3v) is 2.20. The van der Waals surface area contributed by atoms with E-state index in [-0.39, 0.29) is 18.1 Å². The molecule has 0 saturated heterocycles. The quantitative estimate of drug-likeness (QED) is 0.456. The van der Waals surface area contributed by atoms with Crippen LogP contribution in [0.2, 0.25) is 0 Å². The first-order valence-electron chi connectivity index (χ1n) is 4.47. The van der Waals surface area contributed by atoms with Crippen LogP contribution in [0, 0.1) is 0 Å². The van der Waals surface area contributed by atoms with Gasteiger partial charge < -0.3 is 14.6 Å². The first kappa shape index (κ1) is 9.58. The molecule has 1 aliphatic heterocycles. The number of hydrogen-bond acceptors (Lipinski definition) is 4. The standard InChI is InChI=1S/C11H10O4/c1-7(5-12)11(13)8-2-3-9-10(4-8)15-6-14-9/h2-5,13H,6H2,1H3. The van der Waals surface area contributed by atoms with E-state index >= 15 is 0 Å². The van der Waals surface area contributed by atoms with Gasteiger partial charge in [-0.05, 0) is 25.1 Å². The van der Waals surface area contributed by atoms with Gasteiger partial charge in [-0.15, -0.1) is 0 Å². The van der Waals surface area contributed by atoms with Crippen LogP contribution in [-0.4, -0.2) is 18.2 Å². The first-order chi connectivity index (χ1) is 7.22. The van der Waals surface area contributed by atoms with Crippen LogP contribution in [-0.2, 0) is 4.79 Å². The smallest absolute Gasteiger partial charge is 0.231 e. The number of fused-ring (bicyclic) bond motifs is 1. The average Bonchev–Trinajstić information content (AvgIpc) is 2.73. The fourth-order valence-electron chi connectivity index (χ4n) is 1.33. The van der Waals surface area contributed by atoms with Crippen LogP contribution in [0.1, 0.15) is 12.5 Å². The minimum atomic E-state index is -0.0386. The highest BCUT2D eigenvalue weighted by atomic mass is 16.7. The topological polar surface area (TPSA) is 55.8 Å². The Bertz CT molecular complexity index is 434. The normalized spacial score (nSPS) is 14.7.